The van der Waals surface area contributed by atoms with Crippen LogP contribution in [0.25, 0.3) is 0 Å². The van der Waals surface area contributed by atoms with Crippen molar-refractivity contribution in [3.05, 3.63) is 24.3 Å². The van der Waals surface area contributed by atoms with Crippen molar-refractivity contribution >= 4 is 17.5 Å². The van der Waals surface area contributed by atoms with Gasteiger partial charge in [0.05, 0.1) is 0 Å². The molecule has 0 aliphatic carbocycles. The molecule has 1 N–H and O–H groups in total. The number of carbonyl (C=O) groups is 2. The molecule has 2 unspecified atom stereocenters. The molecular weight excluding hydrogens is 268 g/mol. The predicted molar refractivity (Wildman–Crippen MR) is 81.1 cm³/mol. The van der Waals surface area contributed by atoms with Gasteiger partial charge in [-0.2, -0.15) is 0 Å². The molecule has 0 radical (unpaired) electrons. The number of anilines is 1. The number of nitrogens with zero attached hydrogens (tertiary/aromatic N) is 2. The molecule has 0 spiro atoms. The average molecular weight is 290 g/mol. The molecule has 1 saturated heterocycles. The highest BCUT2D eigenvalue weighted by Gasteiger charge is 2.34. The topological polar surface area (TPSA) is 60.9 Å². The number of phenols is 1. The summed E-state index contributed by atoms with van der Waals surface area (Å²) in [5, 5.41) is 9.28. The minimum Gasteiger partial charge on any atom is -0.508 e. The van der Waals surface area contributed by atoms with E-state index in [1.165, 1.54) is 17.0 Å². The fraction of sp³-hybridized carbons (Fsp3) is 0.500. The molecule has 1 aliphatic rings. The van der Waals surface area contributed by atoms with E-state index in [0.717, 1.165) is 19.3 Å². The highest BCUT2D eigenvalue weighted by molar-refractivity contribution is 6.40. The Bertz CT molecular complexity index is 517. The summed E-state index contributed by atoms with van der Waals surface area (Å²) in [7, 11) is 1.58. The number of amides is 2. The zero-order valence-electron chi connectivity index (χ0n) is 12.7. The van der Waals surface area contributed by atoms with Gasteiger partial charge in [-0.05, 0) is 57.4 Å². The lowest BCUT2D eigenvalue weighted by molar-refractivity contribution is -0.148. The second-order valence-corrected chi connectivity index (χ2v) is 5.72. The number of carbonyl (C=O) groups excluding carboxylic acids is 2. The molecule has 5 heteroatoms. The summed E-state index contributed by atoms with van der Waals surface area (Å²) in [5.74, 6) is -0.865. The van der Waals surface area contributed by atoms with E-state index in [-0.39, 0.29) is 17.8 Å². The maximum absolute atomic E-state index is 12.5. The Kier molecular flexibility index (Phi) is 4.50. The van der Waals surface area contributed by atoms with E-state index in [9.17, 15) is 14.7 Å². The molecule has 114 valence electrons. The van der Waals surface area contributed by atoms with Gasteiger partial charge in [0.25, 0.3) is 0 Å². The second-order valence-electron chi connectivity index (χ2n) is 5.72. The van der Waals surface area contributed by atoms with E-state index in [0.29, 0.717) is 5.69 Å². The lowest BCUT2D eigenvalue weighted by Crippen LogP contribution is -2.53. The molecule has 0 saturated carbocycles. The largest absolute Gasteiger partial charge is 0.508 e. The third-order valence-corrected chi connectivity index (χ3v) is 4.15. The van der Waals surface area contributed by atoms with Gasteiger partial charge in [0, 0.05) is 24.8 Å². The smallest absolute Gasteiger partial charge is 0.316 e. The predicted octanol–water partition coefficient (Wildman–Crippen LogP) is 2.14. The fourth-order valence-electron chi connectivity index (χ4n) is 2.87. The average Bonchev–Trinajstić information content (AvgIpc) is 2.46. The SMILES string of the molecule is CC1CCCC(C)N1C(=O)C(=O)N(C)c1ccc(O)cc1. The summed E-state index contributed by atoms with van der Waals surface area (Å²) in [6.45, 7) is 3.97. The number of phenolic OH excluding ortho intramolecular Hbond substituents is 1. The first-order valence-corrected chi connectivity index (χ1v) is 7.31. The highest BCUT2D eigenvalue weighted by atomic mass is 16.3. The first-order chi connectivity index (χ1) is 9.91. The number of aromatic hydroxyl groups is 1. The molecule has 1 heterocycles. The Labute approximate surface area is 125 Å². The minimum atomic E-state index is -0.540. The third-order valence-electron chi connectivity index (χ3n) is 4.15. The lowest BCUT2D eigenvalue weighted by Gasteiger charge is -2.39. The summed E-state index contributed by atoms with van der Waals surface area (Å²) in [6.07, 6.45) is 2.96. The Balaban J connectivity index is 2.14. The highest BCUT2D eigenvalue weighted by Crippen LogP contribution is 2.24. The molecule has 2 atom stereocenters. The van der Waals surface area contributed by atoms with Gasteiger partial charge >= 0.3 is 11.8 Å². The zero-order valence-corrected chi connectivity index (χ0v) is 12.7. The second kappa shape index (κ2) is 6.16. The number of hydrogen-bond donors (Lipinski definition) is 1. The van der Waals surface area contributed by atoms with Crippen molar-refractivity contribution in [2.45, 2.75) is 45.2 Å². The van der Waals surface area contributed by atoms with Gasteiger partial charge in [-0.25, -0.2) is 0 Å². The zero-order chi connectivity index (χ0) is 15.6. The number of piperidine rings is 1. The van der Waals surface area contributed by atoms with Gasteiger partial charge in [-0.15, -0.1) is 0 Å². The molecule has 0 bridgehead atoms. The Hall–Kier alpha value is -2.04. The fourth-order valence-corrected chi connectivity index (χ4v) is 2.87. The van der Waals surface area contributed by atoms with Crippen molar-refractivity contribution in [1.29, 1.82) is 0 Å². The first-order valence-electron chi connectivity index (χ1n) is 7.31. The van der Waals surface area contributed by atoms with Gasteiger partial charge in [-0.3, -0.25) is 9.59 Å². The van der Waals surface area contributed by atoms with Crippen LogP contribution in [0.2, 0.25) is 0 Å². The maximum atomic E-state index is 12.5. The minimum absolute atomic E-state index is 0.0958. The van der Waals surface area contributed by atoms with E-state index in [1.54, 1.807) is 24.1 Å². The molecule has 1 aliphatic heterocycles. The monoisotopic (exact) mass is 290 g/mol. The van der Waals surface area contributed by atoms with Crippen molar-refractivity contribution in [3.8, 4) is 5.75 Å². The van der Waals surface area contributed by atoms with Crippen LogP contribution in [0.1, 0.15) is 33.1 Å². The van der Waals surface area contributed by atoms with Gasteiger partial charge in [-0.1, -0.05) is 0 Å². The van der Waals surface area contributed by atoms with Crippen LogP contribution in [0.5, 0.6) is 5.75 Å². The Morgan fingerprint density at radius 3 is 2.19 bits per heavy atom. The van der Waals surface area contributed by atoms with Crippen LogP contribution >= 0.6 is 0 Å². The molecule has 0 aromatic heterocycles. The van der Waals surface area contributed by atoms with Gasteiger partial charge in [0.2, 0.25) is 0 Å². The van der Waals surface area contributed by atoms with Crippen LogP contribution in [0.15, 0.2) is 24.3 Å². The van der Waals surface area contributed by atoms with Crippen LogP contribution in [-0.4, -0.2) is 41.0 Å². The molecule has 1 aromatic rings. The Morgan fingerprint density at radius 2 is 1.67 bits per heavy atom. The summed E-state index contributed by atoms with van der Waals surface area (Å²) in [4.78, 5) is 27.9. The van der Waals surface area contributed by atoms with E-state index < -0.39 is 11.8 Å². The lowest BCUT2D eigenvalue weighted by atomic mass is 9.97. The van der Waals surface area contributed by atoms with Crippen molar-refractivity contribution in [3.63, 3.8) is 0 Å². The van der Waals surface area contributed by atoms with Gasteiger partial charge < -0.3 is 14.9 Å². The number of rotatable bonds is 1. The van der Waals surface area contributed by atoms with Crippen LogP contribution in [0, 0.1) is 0 Å². The Morgan fingerprint density at radius 1 is 1.14 bits per heavy atom. The van der Waals surface area contributed by atoms with Crippen molar-refractivity contribution in [2.75, 3.05) is 11.9 Å². The maximum Gasteiger partial charge on any atom is 0.316 e. The van der Waals surface area contributed by atoms with E-state index in [1.807, 2.05) is 13.8 Å². The number of likely N-dealkylation sites (tertiary alicyclic amines) is 1. The molecule has 1 aromatic carbocycles. The normalized spacial score (nSPS) is 22.0. The van der Waals surface area contributed by atoms with E-state index >= 15 is 0 Å². The molecule has 2 rings (SSSR count). The van der Waals surface area contributed by atoms with Crippen molar-refractivity contribution in [1.82, 2.24) is 4.90 Å². The standard InChI is InChI=1S/C16H22N2O3/c1-11-5-4-6-12(2)18(11)16(21)15(20)17(3)13-7-9-14(19)10-8-13/h7-12,19H,4-6H2,1-3H3. The van der Waals surface area contributed by atoms with Gasteiger partial charge in [0.1, 0.15) is 5.75 Å². The number of benzene rings is 1. The summed E-state index contributed by atoms with van der Waals surface area (Å²) >= 11 is 0. The summed E-state index contributed by atoms with van der Waals surface area (Å²) in [6, 6.07) is 6.41. The van der Waals surface area contributed by atoms with Crippen molar-refractivity contribution in [2.24, 2.45) is 0 Å². The van der Waals surface area contributed by atoms with Crippen LogP contribution in [0.4, 0.5) is 5.69 Å². The summed E-state index contributed by atoms with van der Waals surface area (Å²) in [5.41, 5.74) is 0.587. The molecular formula is C16H22N2O3. The molecule has 21 heavy (non-hydrogen) atoms. The van der Waals surface area contributed by atoms with Gasteiger partial charge in [0.15, 0.2) is 0 Å². The first kappa shape index (κ1) is 15.4. The van der Waals surface area contributed by atoms with Crippen LogP contribution in [-0.2, 0) is 9.59 Å². The van der Waals surface area contributed by atoms with E-state index in [4.69, 9.17) is 0 Å². The quantitative estimate of drug-likeness (QED) is 0.806. The van der Waals surface area contributed by atoms with E-state index in [2.05, 4.69) is 0 Å². The summed E-state index contributed by atoms with van der Waals surface area (Å²) < 4.78 is 0. The molecule has 2 amide bonds. The van der Waals surface area contributed by atoms with Crippen LogP contribution < -0.4 is 4.90 Å². The molecule has 1 fully saturated rings. The van der Waals surface area contributed by atoms with Crippen LogP contribution in [0.3, 0.4) is 0 Å². The third kappa shape index (κ3) is 3.17. The molecule has 5 nitrogen and oxygen atoms in total. The number of likely N-dealkylation sites (N-methyl/N-ethyl adjacent to an activating group) is 1. The van der Waals surface area contributed by atoms with Crippen molar-refractivity contribution < 1.29 is 14.7 Å². The number of hydrogen-bond acceptors (Lipinski definition) is 3.